The zero-order valence-corrected chi connectivity index (χ0v) is 25.5. The van der Waals surface area contributed by atoms with Crippen LogP contribution in [0.5, 0.6) is 11.6 Å². The summed E-state index contributed by atoms with van der Waals surface area (Å²) in [6.07, 6.45) is 1.11. The highest BCUT2D eigenvalue weighted by Crippen LogP contribution is 2.31. The van der Waals surface area contributed by atoms with Gasteiger partial charge in [-0.2, -0.15) is 10.2 Å². The number of rotatable bonds is 10. The molecule has 1 unspecified atom stereocenters. The molecule has 0 spiro atoms. The predicted molar refractivity (Wildman–Crippen MR) is 164 cm³/mol. The number of imidazole rings is 1. The number of hydrogen-bond donors (Lipinski definition) is 0. The first-order chi connectivity index (χ1) is 21.9. The van der Waals surface area contributed by atoms with Gasteiger partial charge in [-0.05, 0) is 43.7 Å². The smallest absolute Gasteiger partial charge is 0.337 e. The Morgan fingerprint density at radius 2 is 1.91 bits per heavy atom. The Morgan fingerprint density at radius 3 is 2.58 bits per heavy atom. The van der Waals surface area contributed by atoms with E-state index in [0.717, 1.165) is 43.0 Å². The molecule has 2 aromatic carbocycles. The summed E-state index contributed by atoms with van der Waals surface area (Å²) in [5.41, 5.74) is 2.80. The van der Waals surface area contributed by atoms with E-state index >= 15 is 0 Å². The fourth-order valence-corrected chi connectivity index (χ4v) is 5.74. The molecule has 2 aliphatic heterocycles. The van der Waals surface area contributed by atoms with Crippen LogP contribution in [0.3, 0.4) is 0 Å². The number of ether oxygens (including phenoxy) is 4. The topological polar surface area (TPSA) is 115 Å². The van der Waals surface area contributed by atoms with Crippen LogP contribution in [0.1, 0.15) is 46.7 Å². The molecule has 234 valence electrons. The van der Waals surface area contributed by atoms with Crippen molar-refractivity contribution in [1.82, 2.24) is 19.4 Å². The van der Waals surface area contributed by atoms with Gasteiger partial charge in [0.2, 0.25) is 5.88 Å². The summed E-state index contributed by atoms with van der Waals surface area (Å²) in [5, 5.41) is 8.99. The van der Waals surface area contributed by atoms with E-state index in [4.69, 9.17) is 34.2 Å². The molecule has 2 aromatic heterocycles. The quantitative estimate of drug-likeness (QED) is 0.237. The van der Waals surface area contributed by atoms with Crippen LogP contribution in [0.2, 0.25) is 0 Å². The number of anilines is 1. The van der Waals surface area contributed by atoms with Crippen molar-refractivity contribution < 1.29 is 28.1 Å². The summed E-state index contributed by atoms with van der Waals surface area (Å²) in [6, 6.07) is 15.3. The van der Waals surface area contributed by atoms with Crippen molar-refractivity contribution in [2.24, 2.45) is 0 Å². The molecular weight excluding hydrogens is 579 g/mol. The van der Waals surface area contributed by atoms with Crippen molar-refractivity contribution in [3.05, 3.63) is 76.9 Å². The summed E-state index contributed by atoms with van der Waals surface area (Å²) in [5.74, 6) is 1.67. The Kier molecular flexibility index (Phi) is 8.82. The molecule has 6 rings (SSSR count). The molecule has 0 amide bonds. The van der Waals surface area contributed by atoms with Gasteiger partial charge in [-0.1, -0.05) is 6.07 Å². The molecule has 2 atom stereocenters. The SMILES string of the molecule is COC(=O)c1ccc2nc(C(C)N3CCN(c4cc(OC)cc(OCc5ccc(C#N)cc5F)n4)CC3)n(C[C@@H]3CCO3)c2c1. The first-order valence-electron chi connectivity index (χ1n) is 14.9. The van der Waals surface area contributed by atoms with Crippen molar-refractivity contribution in [3.63, 3.8) is 0 Å². The van der Waals surface area contributed by atoms with E-state index in [1.165, 1.54) is 13.2 Å². The highest BCUT2D eigenvalue weighted by Gasteiger charge is 2.29. The average molecular weight is 615 g/mol. The number of nitrogens with zero attached hydrogens (tertiary/aromatic N) is 6. The minimum atomic E-state index is -0.500. The largest absolute Gasteiger partial charge is 0.496 e. The van der Waals surface area contributed by atoms with Crippen molar-refractivity contribution in [2.45, 2.75) is 38.6 Å². The Morgan fingerprint density at radius 1 is 1.11 bits per heavy atom. The van der Waals surface area contributed by atoms with E-state index in [2.05, 4.69) is 21.3 Å². The number of hydrogen-bond acceptors (Lipinski definition) is 10. The molecule has 0 bridgehead atoms. The first kappa shape index (κ1) is 30.3. The number of piperazine rings is 1. The maximum Gasteiger partial charge on any atom is 0.337 e. The predicted octanol–water partition coefficient (Wildman–Crippen LogP) is 4.49. The number of nitriles is 1. The van der Waals surface area contributed by atoms with Crippen LogP contribution in [0.25, 0.3) is 11.0 Å². The van der Waals surface area contributed by atoms with E-state index in [-0.39, 0.29) is 30.3 Å². The maximum atomic E-state index is 14.4. The molecule has 0 radical (unpaired) electrons. The third kappa shape index (κ3) is 6.41. The van der Waals surface area contributed by atoms with Gasteiger partial charge in [-0.3, -0.25) is 4.90 Å². The lowest BCUT2D eigenvalue weighted by molar-refractivity contribution is -0.0594. The molecule has 0 N–H and O–H groups in total. The molecule has 2 saturated heterocycles. The highest BCUT2D eigenvalue weighted by molar-refractivity contribution is 5.93. The molecule has 2 aliphatic rings. The Labute approximate surface area is 260 Å². The second kappa shape index (κ2) is 13.1. The summed E-state index contributed by atoms with van der Waals surface area (Å²) < 4.78 is 38.7. The van der Waals surface area contributed by atoms with E-state index in [9.17, 15) is 9.18 Å². The Hall–Kier alpha value is -4.73. The molecule has 4 heterocycles. The number of esters is 1. The van der Waals surface area contributed by atoms with Crippen LogP contribution in [0, 0.1) is 17.1 Å². The van der Waals surface area contributed by atoms with Gasteiger partial charge in [0.05, 0.1) is 61.1 Å². The van der Waals surface area contributed by atoms with Crippen LogP contribution in [-0.2, 0) is 22.6 Å². The standard InChI is InChI=1S/C33H35FN6O5/c1-21(32-36-28-7-6-23(33(41)43-3)15-29(28)40(32)19-25-8-13-44-25)38-9-11-39(12-10-38)30-16-26(42-2)17-31(37-30)45-20-24-5-4-22(18-35)14-27(24)34/h4-7,14-17,21,25H,8-13,19-20H2,1-3H3/t21?,25-/m0/s1. The van der Waals surface area contributed by atoms with Gasteiger partial charge in [0.25, 0.3) is 0 Å². The summed E-state index contributed by atoms with van der Waals surface area (Å²) in [7, 11) is 2.96. The van der Waals surface area contributed by atoms with E-state index in [1.807, 2.05) is 24.3 Å². The number of halogens is 1. The lowest BCUT2D eigenvalue weighted by Crippen LogP contribution is -2.48. The van der Waals surface area contributed by atoms with Gasteiger partial charge in [0, 0.05) is 50.5 Å². The van der Waals surface area contributed by atoms with Crippen LogP contribution in [0.15, 0.2) is 48.5 Å². The summed E-state index contributed by atoms with van der Waals surface area (Å²) in [4.78, 5) is 26.5. The minimum Gasteiger partial charge on any atom is -0.496 e. The molecular formula is C33H35FN6O5. The number of benzene rings is 2. The molecule has 0 aliphatic carbocycles. The molecule has 12 heteroatoms. The third-order valence-electron chi connectivity index (χ3n) is 8.49. The number of fused-ring (bicyclic) bond motifs is 1. The fraction of sp³-hybridized carbons (Fsp3) is 0.394. The maximum absolute atomic E-state index is 14.4. The van der Waals surface area contributed by atoms with E-state index < -0.39 is 5.82 Å². The molecule has 0 saturated carbocycles. The summed E-state index contributed by atoms with van der Waals surface area (Å²) in [6.45, 7) is 6.52. The number of methoxy groups -OCH3 is 2. The van der Waals surface area contributed by atoms with E-state index in [1.54, 1.807) is 31.4 Å². The van der Waals surface area contributed by atoms with E-state index in [0.29, 0.717) is 48.2 Å². The Bertz CT molecular complexity index is 1740. The lowest BCUT2D eigenvalue weighted by Gasteiger charge is -2.38. The molecule has 2 fully saturated rings. The number of aromatic nitrogens is 3. The number of pyridine rings is 1. The van der Waals surface area contributed by atoms with Gasteiger partial charge in [0.1, 0.15) is 29.8 Å². The molecule has 11 nitrogen and oxygen atoms in total. The average Bonchev–Trinajstić information content (AvgIpc) is 3.42. The third-order valence-corrected chi connectivity index (χ3v) is 8.49. The lowest BCUT2D eigenvalue weighted by atomic mass is 10.1. The minimum absolute atomic E-state index is 0.0145. The van der Waals surface area contributed by atoms with Gasteiger partial charge in [0.15, 0.2) is 0 Å². The van der Waals surface area contributed by atoms with Crippen LogP contribution >= 0.6 is 0 Å². The van der Waals surface area contributed by atoms with Gasteiger partial charge in [-0.15, -0.1) is 0 Å². The number of carbonyl (C=O) groups is 1. The highest BCUT2D eigenvalue weighted by atomic mass is 19.1. The summed E-state index contributed by atoms with van der Waals surface area (Å²) >= 11 is 0. The fourth-order valence-electron chi connectivity index (χ4n) is 5.74. The second-order valence-corrected chi connectivity index (χ2v) is 11.2. The van der Waals surface area contributed by atoms with Crippen LogP contribution < -0.4 is 14.4 Å². The Balaban J connectivity index is 1.17. The van der Waals surface area contributed by atoms with Crippen molar-refractivity contribution in [1.29, 1.82) is 5.26 Å². The van der Waals surface area contributed by atoms with Gasteiger partial charge in [-0.25, -0.2) is 14.2 Å². The zero-order chi connectivity index (χ0) is 31.5. The first-order valence-corrected chi connectivity index (χ1v) is 14.9. The van der Waals surface area contributed by atoms with Crippen molar-refractivity contribution in [2.75, 3.05) is 51.9 Å². The van der Waals surface area contributed by atoms with Gasteiger partial charge >= 0.3 is 5.97 Å². The second-order valence-electron chi connectivity index (χ2n) is 11.2. The normalized spacial score (nSPS) is 17.4. The molecule has 4 aromatic rings. The van der Waals surface area contributed by atoms with Crippen molar-refractivity contribution in [3.8, 4) is 17.7 Å². The number of carbonyl (C=O) groups excluding carboxylic acids is 1. The van der Waals surface area contributed by atoms with Gasteiger partial charge < -0.3 is 28.4 Å². The van der Waals surface area contributed by atoms with Crippen molar-refractivity contribution >= 4 is 22.8 Å². The monoisotopic (exact) mass is 614 g/mol. The van der Waals surface area contributed by atoms with Crippen LogP contribution in [-0.4, -0.2) is 78.5 Å². The zero-order valence-electron chi connectivity index (χ0n) is 25.5. The van der Waals surface area contributed by atoms with Crippen LogP contribution in [0.4, 0.5) is 10.2 Å². The molecule has 45 heavy (non-hydrogen) atoms.